The molecule has 2 aromatic heterocycles. The minimum absolute atomic E-state index is 0.281. The van der Waals surface area contributed by atoms with Gasteiger partial charge in [0.25, 0.3) is 0 Å². The second-order valence-corrected chi connectivity index (χ2v) is 7.63. The molecule has 2 aromatic rings. The molecule has 3 rings (SSSR count). The van der Waals surface area contributed by atoms with Gasteiger partial charge in [0.15, 0.2) is 5.16 Å². The Morgan fingerprint density at radius 1 is 1.44 bits per heavy atom. The molecule has 1 aliphatic heterocycles. The number of esters is 1. The van der Waals surface area contributed by atoms with E-state index in [1.165, 1.54) is 18.2 Å². The molecule has 0 saturated carbocycles. The van der Waals surface area contributed by atoms with Crippen LogP contribution in [0, 0.1) is 11.3 Å². The maximum absolute atomic E-state index is 12.2. The molecule has 3 heterocycles. The summed E-state index contributed by atoms with van der Waals surface area (Å²) in [5.74, 6) is 1.01. The van der Waals surface area contributed by atoms with Crippen molar-refractivity contribution in [2.75, 3.05) is 12.3 Å². The van der Waals surface area contributed by atoms with Gasteiger partial charge in [0.2, 0.25) is 0 Å². The lowest BCUT2D eigenvalue weighted by molar-refractivity contribution is 0.0531. The Kier molecular flexibility index (Phi) is 5.60. The second kappa shape index (κ2) is 7.89. The van der Waals surface area contributed by atoms with Crippen molar-refractivity contribution >= 4 is 34.1 Å². The van der Waals surface area contributed by atoms with E-state index in [0.29, 0.717) is 26.8 Å². The normalized spacial score (nSPS) is 13.8. The van der Waals surface area contributed by atoms with E-state index in [0.717, 1.165) is 48.1 Å². The quantitative estimate of drug-likeness (QED) is 0.630. The summed E-state index contributed by atoms with van der Waals surface area (Å²) in [5.41, 5.74) is 6.89. The van der Waals surface area contributed by atoms with Gasteiger partial charge in [-0.05, 0) is 19.8 Å². The molecule has 0 atom stereocenters. The van der Waals surface area contributed by atoms with E-state index in [1.807, 2.05) is 0 Å². The second-order valence-electron chi connectivity index (χ2n) is 5.63. The van der Waals surface area contributed by atoms with E-state index in [1.54, 1.807) is 6.92 Å². The minimum Gasteiger partial charge on any atom is -0.462 e. The summed E-state index contributed by atoms with van der Waals surface area (Å²) in [6.07, 6.45) is 4.38. The van der Waals surface area contributed by atoms with E-state index in [2.05, 4.69) is 20.8 Å². The summed E-state index contributed by atoms with van der Waals surface area (Å²) >= 11 is 2.59. The molecule has 0 aromatic carbocycles. The number of ether oxygens (including phenoxy) is 1. The van der Waals surface area contributed by atoms with E-state index in [4.69, 9.17) is 10.5 Å². The van der Waals surface area contributed by atoms with Crippen LogP contribution in [-0.4, -0.2) is 27.3 Å². The molecule has 0 unspecified atom stereocenters. The van der Waals surface area contributed by atoms with Gasteiger partial charge in [-0.15, -0.1) is 21.5 Å². The Balaban J connectivity index is 1.85. The fourth-order valence-corrected chi connectivity index (χ4v) is 4.84. The Labute approximate surface area is 154 Å². The Hall–Kier alpha value is -2.05. The number of hydrogen-bond donors (Lipinski definition) is 1. The summed E-state index contributed by atoms with van der Waals surface area (Å²) < 4.78 is 7.23. The van der Waals surface area contributed by atoms with Crippen LogP contribution in [0.25, 0.3) is 0 Å². The standard InChI is InChI=1S/C16H19N5O2S2/c1-2-23-15(22)13-11(10(8-17)14(18)25-13)9-24-16-20-19-12-6-4-3-5-7-21(12)16/h2-7,9,18H2,1H3. The first kappa shape index (κ1) is 17.8. The van der Waals surface area contributed by atoms with E-state index >= 15 is 0 Å². The number of hydrogen-bond acceptors (Lipinski definition) is 8. The number of aromatic nitrogens is 3. The van der Waals surface area contributed by atoms with Crippen LogP contribution in [-0.2, 0) is 23.5 Å². The molecule has 0 spiro atoms. The third-order valence-electron chi connectivity index (χ3n) is 4.03. The average Bonchev–Trinajstić information content (AvgIpc) is 3.03. The maximum atomic E-state index is 12.2. The number of thiophene rings is 1. The van der Waals surface area contributed by atoms with Gasteiger partial charge in [-0.2, -0.15) is 5.26 Å². The smallest absolute Gasteiger partial charge is 0.348 e. The van der Waals surface area contributed by atoms with Crippen molar-refractivity contribution in [1.29, 1.82) is 5.26 Å². The summed E-state index contributed by atoms with van der Waals surface area (Å²) in [6, 6.07) is 2.11. The fraction of sp³-hybridized carbons (Fsp3) is 0.500. The van der Waals surface area contributed by atoms with Crippen LogP contribution in [0.5, 0.6) is 0 Å². The number of thioether (sulfide) groups is 1. The van der Waals surface area contributed by atoms with E-state index < -0.39 is 5.97 Å². The van der Waals surface area contributed by atoms with Crippen molar-refractivity contribution in [2.45, 2.75) is 50.1 Å². The maximum Gasteiger partial charge on any atom is 0.348 e. The van der Waals surface area contributed by atoms with Gasteiger partial charge >= 0.3 is 5.97 Å². The number of carbonyl (C=O) groups excluding carboxylic acids is 1. The van der Waals surface area contributed by atoms with Gasteiger partial charge in [-0.1, -0.05) is 18.2 Å². The zero-order valence-electron chi connectivity index (χ0n) is 13.9. The number of anilines is 1. The zero-order valence-corrected chi connectivity index (χ0v) is 15.6. The Morgan fingerprint density at radius 2 is 2.28 bits per heavy atom. The van der Waals surface area contributed by atoms with Crippen LogP contribution in [0.1, 0.15) is 52.8 Å². The van der Waals surface area contributed by atoms with Gasteiger partial charge in [0.1, 0.15) is 21.8 Å². The number of carbonyl (C=O) groups is 1. The predicted octanol–water partition coefficient (Wildman–Crippen LogP) is 2.99. The molecule has 0 saturated heterocycles. The van der Waals surface area contributed by atoms with Crippen LogP contribution in [0.2, 0.25) is 0 Å². The number of aryl methyl sites for hydroxylation is 1. The van der Waals surface area contributed by atoms with Crippen molar-refractivity contribution in [3.8, 4) is 6.07 Å². The summed E-state index contributed by atoms with van der Waals surface area (Å²) in [4.78, 5) is 12.6. The lowest BCUT2D eigenvalue weighted by atomic mass is 10.2. The lowest BCUT2D eigenvalue weighted by Crippen LogP contribution is -2.06. The molecular formula is C16H19N5O2S2. The van der Waals surface area contributed by atoms with E-state index in [-0.39, 0.29) is 6.61 Å². The van der Waals surface area contributed by atoms with Crippen LogP contribution < -0.4 is 5.73 Å². The first-order valence-corrected chi connectivity index (χ1v) is 9.99. The molecule has 0 bridgehead atoms. The van der Waals surface area contributed by atoms with Gasteiger partial charge < -0.3 is 15.0 Å². The number of rotatable bonds is 5. The topological polar surface area (TPSA) is 107 Å². The highest BCUT2D eigenvalue weighted by Crippen LogP contribution is 2.35. The van der Waals surface area contributed by atoms with Crippen LogP contribution >= 0.6 is 23.1 Å². The van der Waals surface area contributed by atoms with Crippen molar-refractivity contribution in [3.63, 3.8) is 0 Å². The highest BCUT2D eigenvalue weighted by atomic mass is 32.2. The molecule has 0 aliphatic carbocycles. The summed E-state index contributed by atoms with van der Waals surface area (Å²) in [6.45, 7) is 2.94. The molecular weight excluding hydrogens is 358 g/mol. The Morgan fingerprint density at radius 3 is 3.04 bits per heavy atom. The highest BCUT2D eigenvalue weighted by Gasteiger charge is 2.24. The SMILES string of the molecule is CCOC(=O)c1sc(N)c(C#N)c1CSc1nnc2n1CCCCC2. The molecule has 0 radical (unpaired) electrons. The molecule has 9 heteroatoms. The summed E-state index contributed by atoms with van der Waals surface area (Å²) in [7, 11) is 0. The molecule has 1 aliphatic rings. The first-order chi connectivity index (χ1) is 12.2. The number of nitrogens with zero attached hydrogens (tertiary/aromatic N) is 4. The average molecular weight is 377 g/mol. The van der Waals surface area contributed by atoms with Crippen molar-refractivity contribution in [2.24, 2.45) is 0 Å². The Bertz CT molecular complexity index is 821. The van der Waals surface area contributed by atoms with Gasteiger partial charge in [0.05, 0.1) is 12.2 Å². The van der Waals surface area contributed by atoms with E-state index in [9.17, 15) is 10.1 Å². The number of fused-ring (bicyclic) bond motifs is 1. The van der Waals surface area contributed by atoms with Crippen LogP contribution in [0.3, 0.4) is 0 Å². The molecule has 0 fully saturated rings. The number of nitrogen functional groups attached to an aromatic ring is 1. The molecule has 2 N–H and O–H groups in total. The molecule has 0 amide bonds. The van der Waals surface area contributed by atoms with Crippen molar-refractivity contribution < 1.29 is 9.53 Å². The fourth-order valence-electron chi connectivity index (χ4n) is 2.81. The summed E-state index contributed by atoms with van der Waals surface area (Å²) in [5, 5.41) is 19.1. The highest BCUT2D eigenvalue weighted by molar-refractivity contribution is 7.98. The van der Waals surface area contributed by atoms with Crippen molar-refractivity contribution in [1.82, 2.24) is 14.8 Å². The third-order valence-corrected chi connectivity index (χ3v) is 6.06. The number of nitrogens with two attached hydrogens (primary N) is 1. The third kappa shape index (κ3) is 3.65. The van der Waals surface area contributed by atoms with Crippen LogP contribution in [0.4, 0.5) is 5.00 Å². The largest absolute Gasteiger partial charge is 0.462 e. The molecule has 25 heavy (non-hydrogen) atoms. The zero-order chi connectivity index (χ0) is 17.8. The van der Waals surface area contributed by atoms with Gasteiger partial charge in [-0.3, -0.25) is 0 Å². The monoisotopic (exact) mass is 377 g/mol. The van der Waals surface area contributed by atoms with Crippen LogP contribution in [0.15, 0.2) is 5.16 Å². The lowest BCUT2D eigenvalue weighted by Gasteiger charge is -2.07. The molecule has 7 nitrogen and oxygen atoms in total. The first-order valence-electron chi connectivity index (χ1n) is 8.19. The van der Waals surface area contributed by atoms with Gasteiger partial charge in [0, 0.05) is 24.3 Å². The minimum atomic E-state index is -0.434. The van der Waals surface area contributed by atoms with Crippen molar-refractivity contribution in [3.05, 3.63) is 21.8 Å². The van der Waals surface area contributed by atoms with Gasteiger partial charge in [-0.25, -0.2) is 4.79 Å². The predicted molar refractivity (Wildman–Crippen MR) is 96.5 cm³/mol. The molecule has 132 valence electrons. The number of nitriles is 1.